The molecule has 0 aliphatic rings. The number of carboxylic acid groups (broad SMARTS) is 1. The van der Waals surface area contributed by atoms with Gasteiger partial charge in [0.2, 0.25) is 0 Å². The number of hydrogen-bond acceptors (Lipinski definition) is 1. The fraction of sp³-hybridized carbons (Fsp3) is 0.100. The van der Waals surface area contributed by atoms with Crippen LogP contribution >= 0.6 is 0 Å². The van der Waals surface area contributed by atoms with E-state index in [9.17, 15) is 4.79 Å². The molecule has 2 nitrogen and oxygen atoms in total. The molecule has 0 bridgehead atoms. The van der Waals surface area contributed by atoms with Crippen LogP contribution < -0.4 is 4.46 Å². The van der Waals surface area contributed by atoms with Gasteiger partial charge in [-0.3, -0.25) is 0 Å². The molecule has 1 N–H and O–H groups in total. The van der Waals surface area contributed by atoms with Crippen LogP contribution in [0.3, 0.4) is 0 Å². The zero-order valence-electron chi connectivity index (χ0n) is 7.23. The van der Waals surface area contributed by atoms with Gasteiger partial charge in [0.15, 0.2) is 0 Å². The summed E-state index contributed by atoms with van der Waals surface area (Å²) in [6.07, 6.45) is 2.81. The summed E-state index contributed by atoms with van der Waals surface area (Å²) in [6, 6.07) is 7.84. The summed E-state index contributed by atoms with van der Waals surface area (Å²) >= 11 is 0.402. The van der Waals surface area contributed by atoms with Gasteiger partial charge in [0, 0.05) is 0 Å². The van der Waals surface area contributed by atoms with Gasteiger partial charge in [0.05, 0.1) is 0 Å². The molecule has 1 rings (SSSR count). The Balaban J connectivity index is 2.93. The zero-order valence-corrected chi connectivity index (χ0v) is 8.94. The van der Waals surface area contributed by atoms with E-state index >= 15 is 0 Å². The van der Waals surface area contributed by atoms with Gasteiger partial charge in [-0.1, -0.05) is 0 Å². The molecule has 0 aliphatic carbocycles. The zero-order chi connectivity index (χ0) is 9.68. The molecular formula is C10H10O2Se. The third-order valence-corrected chi connectivity index (χ3v) is 3.25. The number of rotatable bonds is 3. The maximum absolute atomic E-state index is 10.3. The molecule has 0 atom stereocenters. The van der Waals surface area contributed by atoms with Crippen LogP contribution in [0.25, 0.3) is 6.08 Å². The summed E-state index contributed by atoms with van der Waals surface area (Å²) in [5.41, 5.74) is 1.01. The number of carboxylic acids is 1. The second-order valence-electron chi connectivity index (χ2n) is 2.41. The predicted octanol–water partition coefficient (Wildman–Crippen LogP) is 1.16. The predicted molar refractivity (Wildman–Crippen MR) is 54.4 cm³/mol. The summed E-state index contributed by atoms with van der Waals surface area (Å²) in [6.45, 7) is 0. The average molecular weight is 241 g/mol. The molecule has 3 heteroatoms. The number of carbonyl (C=O) groups is 1. The fourth-order valence-corrected chi connectivity index (χ4v) is 2.20. The molecule has 0 fully saturated rings. The van der Waals surface area contributed by atoms with Crippen molar-refractivity contribution in [2.24, 2.45) is 0 Å². The third-order valence-electron chi connectivity index (χ3n) is 1.54. The number of hydrogen-bond donors (Lipinski definition) is 1. The van der Waals surface area contributed by atoms with Gasteiger partial charge in [-0.05, 0) is 0 Å². The summed E-state index contributed by atoms with van der Waals surface area (Å²) in [5.74, 6) is 1.21. The molecule has 0 radical (unpaired) electrons. The van der Waals surface area contributed by atoms with Gasteiger partial charge in [-0.2, -0.15) is 0 Å². The van der Waals surface area contributed by atoms with Crippen LogP contribution in [-0.4, -0.2) is 26.0 Å². The fourth-order valence-electron chi connectivity index (χ4n) is 0.965. The molecule has 0 amide bonds. The Morgan fingerprint density at radius 3 is 2.77 bits per heavy atom. The Hall–Kier alpha value is -1.05. The van der Waals surface area contributed by atoms with Gasteiger partial charge >= 0.3 is 83.1 Å². The SMILES string of the molecule is C[Se]c1ccccc1C=CC(=O)O. The molecule has 0 saturated heterocycles. The van der Waals surface area contributed by atoms with E-state index in [1.807, 2.05) is 24.3 Å². The second-order valence-corrected chi connectivity index (χ2v) is 4.19. The number of benzene rings is 1. The maximum atomic E-state index is 10.3. The van der Waals surface area contributed by atoms with E-state index in [0.29, 0.717) is 15.0 Å². The molecule has 0 heterocycles. The van der Waals surface area contributed by atoms with Gasteiger partial charge in [-0.25, -0.2) is 0 Å². The first-order chi connectivity index (χ1) is 6.24. The summed E-state index contributed by atoms with van der Waals surface area (Å²) in [7, 11) is 0. The molecule has 68 valence electrons. The normalized spacial score (nSPS) is 10.5. The van der Waals surface area contributed by atoms with Crippen molar-refractivity contribution in [3.63, 3.8) is 0 Å². The second kappa shape index (κ2) is 4.85. The monoisotopic (exact) mass is 242 g/mol. The van der Waals surface area contributed by atoms with Crippen molar-refractivity contribution in [1.82, 2.24) is 0 Å². The van der Waals surface area contributed by atoms with E-state index < -0.39 is 5.97 Å². The Bertz CT molecular complexity index is 331. The van der Waals surface area contributed by atoms with E-state index in [0.717, 1.165) is 5.56 Å². The van der Waals surface area contributed by atoms with Crippen LogP contribution in [0.1, 0.15) is 5.56 Å². The van der Waals surface area contributed by atoms with Crippen molar-refractivity contribution in [3.8, 4) is 0 Å². The van der Waals surface area contributed by atoms with Crippen molar-refractivity contribution >= 4 is 31.5 Å². The molecule has 0 aliphatic heterocycles. The Kier molecular flexibility index (Phi) is 3.74. The third kappa shape index (κ3) is 3.05. The molecule has 1 aromatic carbocycles. The quantitative estimate of drug-likeness (QED) is 0.637. The van der Waals surface area contributed by atoms with E-state index in [-0.39, 0.29) is 0 Å². The average Bonchev–Trinajstić information content (AvgIpc) is 2.15. The van der Waals surface area contributed by atoms with E-state index in [4.69, 9.17) is 5.11 Å². The minimum atomic E-state index is -0.904. The summed E-state index contributed by atoms with van der Waals surface area (Å²) < 4.78 is 1.23. The first-order valence-corrected chi connectivity index (χ1v) is 6.35. The van der Waals surface area contributed by atoms with Gasteiger partial charge in [0.25, 0.3) is 0 Å². The first-order valence-electron chi connectivity index (χ1n) is 3.78. The Labute approximate surface area is 83.4 Å². The van der Waals surface area contributed by atoms with Crippen LogP contribution in [0.2, 0.25) is 5.82 Å². The van der Waals surface area contributed by atoms with Crippen LogP contribution in [0, 0.1) is 0 Å². The van der Waals surface area contributed by atoms with E-state index in [2.05, 4.69) is 5.82 Å². The molecule has 0 saturated carbocycles. The minimum absolute atomic E-state index is 0.402. The molecule has 1 aromatic rings. The van der Waals surface area contributed by atoms with Crippen LogP contribution in [-0.2, 0) is 4.79 Å². The molecule has 0 aromatic heterocycles. The first kappa shape index (κ1) is 10.0. The number of aliphatic carboxylic acids is 1. The van der Waals surface area contributed by atoms with E-state index in [1.165, 1.54) is 10.5 Å². The van der Waals surface area contributed by atoms with Gasteiger partial charge < -0.3 is 0 Å². The van der Waals surface area contributed by atoms with Crippen molar-refractivity contribution in [2.75, 3.05) is 0 Å². The van der Waals surface area contributed by atoms with Crippen LogP contribution in [0.15, 0.2) is 30.3 Å². The Morgan fingerprint density at radius 2 is 2.15 bits per heavy atom. The van der Waals surface area contributed by atoms with Crippen molar-refractivity contribution in [2.45, 2.75) is 5.82 Å². The molecule has 0 unspecified atom stereocenters. The van der Waals surface area contributed by atoms with E-state index in [1.54, 1.807) is 6.08 Å². The molecular weight excluding hydrogens is 231 g/mol. The van der Waals surface area contributed by atoms with Gasteiger partial charge in [-0.15, -0.1) is 0 Å². The summed E-state index contributed by atoms with van der Waals surface area (Å²) in [5, 5.41) is 8.46. The van der Waals surface area contributed by atoms with Crippen molar-refractivity contribution in [3.05, 3.63) is 35.9 Å². The molecule has 13 heavy (non-hydrogen) atoms. The van der Waals surface area contributed by atoms with Crippen LogP contribution in [0.5, 0.6) is 0 Å². The Morgan fingerprint density at radius 1 is 1.46 bits per heavy atom. The van der Waals surface area contributed by atoms with Crippen molar-refractivity contribution in [1.29, 1.82) is 0 Å². The topological polar surface area (TPSA) is 37.3 Å². The van der Waals surface area contributed by atoms with Crippen LogP contribution in [0.4, 0.5) is 0 Å². The standard InChI is InChI=1S/C10H10O2Se/c1-13-9-5-3-2-4-8(9)6-7-10(11)12/h2-7H,1H3,(H,11,12). The van der Waals surface area contributed by atoms with Gasteiger partial charge in [0.1, 0.15) is 0 Å². The van der Waals surface area contributed by atoms with Crippen molar-refractivity contribution < 1.29 is 9.90 Å². The summed E-state index contributed by atoms with van der Waals surface area (Å²) in [4.78, 5) is 10.3. The molecule has 0 spiro atoms.